The van der Waals surface area contributed by atoms with Crippen molar-refractivity contribution in [2.75, 3.05) is 0 Å². The maximum Gasteiger partial charge on any atom is 0.303 e. The van der Waals surface area contributed by atoms with Gasteiger partial charge in [0, 0.05) is 6.42 Å². The number of Topliss-reactive ketones (excluding diaryl/α,β-unsaturated/α-hetero) is 1. The molecule has 5 heteroatoms. The molecule has 64 valence electrons. The maximum absolute atomic E-state index is 11.0. The Bertz CT molecular complexity index is 278. The quantitative estimate of drug-likeness (QED) is 0.671. The number of carbonyl (C=O) groups excluding carboxylic acids is 1. The van der Waals surface area contributed by atoms with E-state index in [4.69, 9.17) is 5.11 Å². The van der Waals surface area contributed by atoms with Crippen molar-refractivity contribution in [2.24, 2.45) is 0 Å². The number of nitrogens with zero attached hydrogens (tertiary/aromatic N) is 1. The Hall–Kier alpha value is -1.65. The van der Waals surface area contributed by atoms with Crippen molar-refractivity contribution >= 4 is 11.8 Å². The number of aromatic nitrogens is 1. The molecule has 0 saturated heterocycles. The number of carbonyl (C=O) groups is 2. The SMILES string of the molecule is O=C(O)CCC(=O)c1cnoc1. The predicted molar refractivity (Wildman–Crippen MR) is 37.7 cm³/mol. The Morgan fingerprint density at radius 3 is 2.75 bits per heavy atom. The average molecular weight is 169 g/mol. The number of hydrogen-bond donors (Lipinski definition) is 1. The summed E-state index contributed by atoms with van der Waals surface area (Å²) in [6, 6.07) is 0. The van der Waals surface area contributed by atoms with Crippen LogP contribution in [-0.2, 0) is 4.79 Å². The van der Waals surface area contributed by atoms with E-state index in [-0.39, 0.29) is 18.6 Å². The summed E-state index contributed by atoms with van der Waals surface area (Å²) in [5, 5.41) is 11.6. The fraction of sp³-hybridized carbons (Fsp3) is 0.286. The van der Waals surface area contributed by atoms with Crippen LogP contribution in [0.2, 0.25) is 0 Å². The van der Waals surface area contributed by atoms with Crippen LogP contribution >= 0.6 is 0 Å². The lowest BCUT2D eigenvalue weighted by atomic mass is 10.1. The molecule has 0 aromatic carbocycles. The highest BCUT2D eigenvalue weighted by Crippen LogP contribution is 2.03. The Morgan fingerprint density at radius 2 is 2.25 bits per heavy atom. The largest absolute Gasteiger partial charge is 0.481 e. The molecular formula is C7H7NO4. The molecule has 1 N–H and O–H groups in total. The van der Waals surface area contributed by atoms with Gasteiger partial charge in [-0.2, -0.15) is 0 Å². The minimum Gasteiger partial charge on any atom is -0.481 e. The average Bonchev–Trinajstić information content (AvgIpc) is 2.51. The molecular weight excluding hydrogens is 162 g/mol. The number of aliphatic carboxylic acids is 1. The first-order chi connectivity index (χ1) is 5.70. The molecule has 0 spiro atoms. The van der Waals surface area contributed by atoms with Crippen LogP contribution in [0.25, 0.3) is 0 Å². The molecule has 0 aliphatic rings. The third-order valence-electron chi connectivity index (χ3n) is 1.32. The van der Waals surface area contributed by atoms with Gasteiger partial charge < -0.3 is 9.63 Å². The summed E-state index contributed by atoms with van der Waals surface area (Å²) >= 11 is 0. The van der Waals surface area contributed by atoms with E-state index in [0.29, 0.717) is 5.56 Å². The smallest absolute Gasteiger partial charge is 0.303 e. The van der Waals surface area contributed by atoms with Crippen LogP contribution in [0.15, 0.2) is 17.0 Å². The molecule has 0 unspecified atom stereocenters. The summed E-state index contributed by atoms with van der Waals surface area (Å²) in [7, 11) is 0. The van der Waals surface area contributed by atoms with Gasteiger partial charge in [-0.25, -0.2) is 0 Å². The summed E-state index contributed by atoms with van der Waals surface area (Å²) < 4.78 is 4.42. The molecule has 0 fully saturated rings. The van der Waals surface area contributed by atoms with Crippen molar-refractivity contribution < 1.29 is 19.2 Å². The Morgan fingerprint density at radius 1 is 1.50 bits per heavy atom. The Balaban J connectivity index is 2.45. The van der Waals surface area contributed by atoms with Crippen molar-refractivity contribution in [3.05, 3.63) is 18.0 Å². The zero-order chi connectivity index (χ0) is 8.97. The highest BCUT2D eigenvalue weighted by molar-refractivity contribution is 5.96. The third kappa shape index (κ3) is 2.19. The summed E-state index contributed by atoms with van der Waals surface area (Å²) in [5.41, 5.74) is 0.316. The number of carboxylic acids is 1. The number of ketones is 1. The standard InChI is InChI=1S/C7H7NO4/c9-6(1-2-7(10)11)5-3-8-12-4-5/h3-4H,1-2H2,(H,10,11). The van der Waals surface area contributed by atoms with E-state index in [1.165, 1.54) is 12.5 Å². The molecule has 1 rings (SSSR count). The molecule has 0 bridgehead atoms. The second-order valence-corrected chi connectivity index (χ2v) is 2.23. The molecule has 1 aromatic heterocycles. The van der Waals surface area contributed by atoms with E-state index in [1.54, 1.807) is 0 Å². The van der Waals surface area contributed by atoms with Gasteiger partial charge >= 0.3 is 5.97 Å². The van der Waals surface area contributed by atoms with Crippen LogP contribution in [0.1, 0.15) is 23.2 Å². The highest BCUT2D eigenvalue weighted by atomic mass is 16.5. The zero-order valence-corrected chi connectivity index (χ0v) is 6.19. The molecule has 0 saturated carbocycles. The van der Waals surface area contributed by atoms with E-state index in [1.807, 2.05) is 0 Å². The second-order valence-electron chi connectivity index (χ2n) is 2.23. The zero-order valence-electron chi connectivity index (χ0n) is 6.19. The fourth-order valence-electron chi connectivity index (χ4n) is 0.707. The molecule has 1 heterocycles. The fourth-order valence-corrected chi connectivity index (χ4v) is 0.707. The van der Waals surface area contributed by atoms with Crippen LogP contribution in [0, 0.1) is 0 Å². The van der Waals surface area contributed by atoms with Crippen molar-refractivity contribution in [1.29, 1.82) is 0 Å². The molecule has 0 aliphatic carbocycles. The summed E-state index contributed by atoms with van der Waals surface area (Å²) in [4.78, 5) is 21.1. The minimum absolute atomic E-state index is 0.0173. The molecule has 12 heavy (non-hydrogen) atoms. The van der Waals surface area contributed by atoms with E-state index in [0.717, 1.165) is 0 Å². The van der Waals surface area contributed by atoms with Crippen molar-refractivity contribution in [3.8, 4) is 0 Å². The van der Waals surface area contributed by atoms with Gasteiger partial charge in [-0.15, -0.1) is 0 Å². The first-order valence-electron chi connectivity index (χ1n) is 3.34. The molecule has 1 aromatic rings. The first-order valence-corrected chi connectivity index (χ1v) is 3.34. The van der Waals surface area contributed by atoms with Crippen LogP contribution in [-0.4, -0.2) is 22.0 Å². The van der Waals surface area contributed by atoms with Gasteiger partial charge in [-0.3, -0.25) is 9.59 Å². The number of hydrogen-bond acceptors (Lipinski definition) is 4. The van der Waals surface area contributed by atoms with Gasteiger partial charge in [-0.05, 0) is 0 Å². The second kappa shape index (κ2) is 3.66. The van der Waals surface area contributed by atoms with Gasteiger partial charge in [-0.1, -0.05) is 5.16 Å². The van der Waals surface area contributed by atoms with Crippen LogP contribution < -0.4 is 0 Å². The highest BCUT2D eigenvalue weighted by Gasteiger charge is 2.09. The minimum atomic E-state index is -0.986. The predicted octanol–water partition coefficient (Wildman–Crippen LogP) is 0.722. The van der Waals surface area contributed by atoms with Crippen LogP contribution in [0.4, 0.5) is 0 Å². The molecule has 0 aliphatic heterocycles. The summed E-state index contributed by atoms with van der Waals surface area (Å²) in [5.74, 6) is -1.25. The van der Waals surface area contributed by atoms with Gasteiger partial charge in [0.15, 0.2) is 5.78 Å². The topological polar surface area (TPSA) is 80.4 Å². The van der Waals surface area contributed by atoms with Gasteiger partial charge in [0.2, 0.25) is 0 Å². The van der Waals surface area contributed by atoms with Crippen LogP contribution in [0.3, 0.4) is 0 Å². The van der Waals surface area contributed by atoms with E-state index in [9.17, 15) is 9.59 Å². The lowest BCUT2D eigenvalue weighted by molar-refractivity contribution is -0.136. The normalized spacial score (nSPS) is 9.67. The monoisotopic (exact) mass is 169 g/mol. The molecule has 0 amide bonds. The molecule has 0 atom stereocenters. The maximum atomic E-state index is 11.0. The molecule has 5 nitrogen and oxygen atoms in total. The third-order valence-corrected chi connectivity index (χ3v) is 1.32. The summed E-state index contributed by atoms with van der Waals surface area (Å²) in [6.07, 6.45) is 2.29. The van der Waals surface area contributed by atoms with Crippen molar-refractivity contribution in [2.45, 2.75) is 12.8 Å². The summed E-state index contributed by atoms with van der Waals surface area (Å²) in [6.45, 7) is 0. The van der Waals surface area contributed by atoms with Crippen LogP contribution in [0.5, 0.6) is 0 Å². The molecule has 0 radical (unpaired) electrons. The number of carboxylic acid groups (broad SMARTS) is 1. The van der Waals surface area contributed by atoms with Gasteiger partial charge in [0.05, 0.1) is 18.2 Å². The first kappa shape index (κ1) is 8.45. The Labute approximate surface area is 68.0 Å². The van der Waals surface area contributed by atoms with Gasteiger partial charge in [0.25, 0.3) is 0 Å². The van der Waals surface area contributed by atoms with Gasteiger partial charge in [0.1, 0.15) is 6.26 Å². The lowest BCUT2D eigenvalue weighted by Crippen LogP contribution is -2.02. The number of rotatable bonds is 4. The lowest BCUT2D eigenvalue weighted by Gasteiger charge is -1.91. The van der Waals surface area contributed by atoms with E-state index < -0.39 is 5.97 Å². The van der Waals surface area contributed by atoms with Crippen molar-refractivity contribution in [3.63, 3.8) is 0 Å². The van der Waals surface area contributed by atoms with E-state index >= 15 is 0 Å². The van der Waals surface area contributed by atoms with Crippen molar-refractivity contribution in [1.82, 2.24) is 5.16 Å². The van der Waals surface area contributed by atoms with E-state index in [2.05, 4.69) is 9.68 Å². The Kier molecular flexibility index (Phi) is 2.57.